The lowest BCUT2D eigenvalue weighted by Crippen LogP contribution is -2.37. The summed E-state index contributed by atoms with van der Waals surface area (Å²) in [5.41, 5.74) is 0. The number of furan rings is 1. The first-order valence-corrected chi connectivity index (χ1v) is 8.26. The Kier molecular flexibility index (Phi) is 4.63. The second-order valence-corrected chi connectivity index (χ2v) is 6.62. The van der Waals surface area contributed by atoms with E-state index in [2.05, 4.69) is 12.2 Å². The fourth-order valence-corrected chi connectivity index (χ4v) is 3.30. The summed E-state index contributed by atoms with van der Waals surface area (Å²) >= 11 is 0. The van der Waals surface area contributed by atoms with Gasteiger partial charge in [0.25, 0.3) is 0 Å². The molecule has 2 aliphatic rings. The SMILES string of the molecule is CC(CC(=O)N(Cc1ccco1)C1CC1)C1CCCNC1. The van der Waals surface area contributed by atoms with E-state index in [1.54, 1.807) is 6.26 Å². The lowest BCUT2D eigenvalue weighted by Gasteiger charge is -2.30. The van der Waals surface area contributed by atoms with Crippen molar-refractivity contribution in [3.8, 4) is 0 Å². The maximum Gasteiger partial charge on any atom is 0.223 e. The zero-order valence-corrected chi connectivity index (χ0v) is 12.9. The molecule has 1 saturated carbocycles. The van der Waals surface area contributed by atoms with Crippen LogP contribution in [-0.2, 0) is 11.3 Å². The average molecular weight is 290 g/mol. The van der Waals surface area contributed by atoms with E-state index < -0.39 is 0 Å². The molecule has 0 bridgehead atoms. The standard InChI is InChI=1S/C17H26N2O2/c1-13(14-4-2-8-18-11-14)10-17(20)19(15-6-7-15)12-16-5-3-9-21-16/h3,5,9,13-15,18H,2,4,6-8,10-12H2,1H3. The summed E-state index contributed by atoms with van der Waals surface area (Å²) in [6.07, 6.45) is 7.13. The summed E-state index contributed by atoms with van der Waals surface area (Å²) in [6.45, 7) is 5.06. The predicted molar refractivity (Wildman–Crippen MR) is 81.7 cm³/mol. The van der Waals surface area contributed by atoms with Crippen molar-refractivity contribution in [2.45, 2.75) is 51.6 Å². The molecule has 3 rings (SSSR count). The molecule has 4 nitrogen and oxygen atoms in total. The molecule has 1 aromatic heterocycles. The van der Waals surface area contributed by atoms with Crippen LogP contribution in [0.15, 0.2) is 22.8 Å². The Morgan fingerprint density at radius 3 is 2.95 bits per heavy atom. The van der Waals surface area contributed by atoms with Gasteiger partial charge < -0.3 is 14.6 Å². The fraction of sp³-hybridized carbons (Fsp3) is 0.706. The number of carbonyl (C=O) groups is 1. The molecule has 2 heterocycles. The molecule has 0 aromatic carbocycles. The van der Waals surface area contributed by atoms with E-state index in [9.17, 15) is 4.79 Å². The Hall–Kier alpha value is -1.29. The minimum absolute atomic E-state index is 0.298. The van der Waals surface area contributed by atoms with Gasteiger partial charge in [0.05, 0.1) is 12.8 Å². The number of hydrogen-bond donors (Lipinski definition) is 1. The number of hydrogen-bond acceptors (Lipinski definition) is 3. The minimum Gasteiger partial charge on any atom is -0.467 e. The van der Waals surface area contributed by atoms with Crippen LogP contribution in [0, 0.1) is 11.8 Å². The van der Waals surface area contributed by atoms with Crippen LogP contribution in [-0.4, -0.2) is 29.9 Å². The smallest absolute Gasteiger partial charge is 0.223 e. The molecule has 2 fully saturated rings. The zero-order chi connectivity index (χ0) is 14.7. The Morgan fingerprint density at radius 2 is 2.33 bits per heavy atom. The molecule has 4 heteroatoms. The molecule has 1 N–H and O–H groups in total. The number of rotatable bonds is 6. The largest absolute Gasteiger partial charge is 0.467 e. The van der Waals surface area contributed by atoms with Crippen molar-refractivity contribution in [3.05, 3.63) is 24.2 Å². The third-order valence-corrected chi connectivity index (χ3v) is 4.85. The highest BCUT2D eigenvalue weighted by molar-refractivity contribution is 5.77. The van der Waals surface area contributed by atoms with Crippen LogP contribution < -0.4 is 5.32 Å². The number of nitrogens with one attached hydrogen (secondary N) is 1. The quantitative estimate of drug-likeness (QED) is 0.876. The Bertz CT molecular complexity index is 447. The van der Waals surface area contributed by atoms with Gasteiger partial charge in [0.1, 0.15) is 5.76 Å². The van der Waals surface area contributed by atoms with Gasteiger partial charge in [-0.2, -0.15) is 0 Å². The van der Waals surface area contributed by atoms with Crippen molar-refractivity contribution in [2.75, 3.05) is 13.1 Å². The van der Waals surface area contributed by atoms with Gasteiger partial charge in [-0.1, -0.05) is 6.92 Å². The molecule has 1 aliphatic heterocycles. The highest BCUT2D eigenvalue weighted by Gasteiger charge is 2.34. The summed E-state index contributed by atoms with van der Waals surface area (Å²) < 4.78 is 5.41. The second kappa shape index (κ2) is 6.65. The maximum absolute atomic E-state index is 12.7. The first kappa shape index (κ1) is 14.6. The van der Waals surface area contributed by atoms with Crippen LogP contribution in [0.25, 0.3) is 0 Å². The molecular formula is C17H26N2O2. The van der Waals surface area contributed by atoms with E-state index in [-0.39, 0.29) is 0 Å². The van der Waals surface area contributed by atoms with Crippen molar-refractivity contribution < 1.29 is 9.21 Å². The molecule has 0 radical (unpaired) electrons. The monoisotopic (exact) mass is 290 g/mol. The van der Waals surface area contributed by atoms with Crippen molar-refractivity contribution in [1.29, 1.82) is 0 Å². The van der Waals surface area contributed by atoms with E-state index in [1.807, 2.05) is 17.0 Å². The van der Waals surface area contributed by atoms with E-state index in [0.29, 0.717) is 36.8 Å². The summed E-state index contributed by atoms with van der Waals surface area (Å²) in [5, 5.41) is 3.45. The van der Waals surface area contributed by atoms with Crippen LogP contribution in [0.2, 0.25) is 0 Å². The van der Waals surface area contributed by atoms with Crippen molar-refractivity contribution >= 4 is 5.91 Å². The van der Waals surface area contributed by atoms with Gasteiger partial charge in [-0.25, -0.2) is 0 Å². The van der Waals surface area contributed by atoms with Crippen LogP contribution in [0.4, 0.5) is 0 Å². The van der Waals surface area contributed by atoms with Crippen molar-refractivity contribution in [2.24, 2.45) is 11.8 Å². The van der Waals surface area contributed by atoms with Crippen LogP contribution in [0.3, 0.4) is 0 Å². The second-order valence-electron chi connectivity index (χ2n) is 6.62. The maximum atomic E-state index is 12.7. The summed E-state index contributed by atoms with van der Waals surface area (Å²) in [7, 11) is 0. The molecule has 0 spiro atoms. The Morgan fingerprint density at radius 1 is 1.48 bits per heavy atom. The topological polar surface area (TPSA) is 45.5 Å². The first-order valence-electron chi connectivity index (χ1n) is 8.26. The highest BCUT2D eigenvalue weighted by Crippen LogP contribution is 2.31. The summed E-state index contributed by atoms with van der Waals surface area (Å²) in [5.74, 6) is 2.30. The highest BCUT2D eigenvalue weighted by atomic mass is 16.3. The first-order chi connectivity index (χ1) is 10.2. The van der Waals surface area contributed by atoms with E-state index >= 15 is 0 Å². The minimum atomic E-state index is 0.298. The predicted octanol–water partition coefficient (Wildman–Crippen LogP) is 2.80. The van der Waals surface area contributed by atoms with Crippen molar-refractivity contribution in [3.63, 3.8) is 0 Å². The molecule has 1 saturated heterocycles. The summed E-state index contributed by atoms with van der Waals surface area (Å²) in [6, 6.07) is 4.29. The zero-order valence-electron chi connectivity index (χ0n) is 12.9. The molecule has 21 heavy (non-hydrogen) atoms. The molecular weight excluding hydrogens is 264 g/mol. The van der Waals surface area contributed by atoms with Gasteiger partial charge in [-0.05, 0) is 62.7 Å². The van der Waals surface area contributed by atoms with E-state index in [4.69, 9.17) is 4.42 Å². The van der Waals surface area contributed by atoms with Gasteiger partial charge >= 0.3 is 0 Å². The summed E-state index contributed by atoms with van der Waals surface area (Å²) in [4.78, 5) is 14.7. The van der Waals surface area contributed by atoms with Gasteiger partial charge in [-0.15, -0.1) is 0 Å². The number of nitrogens with zero attached hydrogens (tertiary/aromatic N) is 1. The van der Waals surface area contributed by atoms with Gasteiger partial charge in [-0.3, -0.25) is 4.79 Å². The van der Waals surface area contributed by atoms with Crippen LogP contribution in [0.5, 0.6) is 0 Å². The Balaban J connectivity index is 1.56. The third kappa shape index (κ3) is 3.88. The molecule has 1 aliphatic carbocycles. The fourth-order valence-electron chi connectivity index (χ4n) is 3.30. The van der Waals surface area contributed by atoms with Gasteiger partial charge in [0, 0.05) is 12.5 Å². The number of carbonyl (C=O) groups excluding carboxylic acids is 1. The normalized spacial score (nSPS) is 23.8. The third-order valence-electron chi connectivity index (χ3n) is 4.85. The van der Waals surface area contributed by atoms with Gasteiger partial charge in [0.2, 0.25) is 5.91 Å². The van der Waals surface area contributed by atoms with Gasteiger partial charge in [0.15, 0.2) is 0 Å². The van der Waals surface area contributed by atoms with E-state index in [1.165, 1.54) is 12.8 Å². The number of amides is 1. The van der Waals surface area contributed by atoms with Crippen LogP contribution >= 0.6 is 0 Å². The van der Waals surface area contributed by atoms with Crippen molar-refractivity contribution in [1.82, 2.24) is 10.2 Å². The Labute approximate surface area is 126 Å². The van der Waals surface area contributed by atoms with E-state index in [0.717, 1.165) is 31.7 Å². The lowest BCUT2D eigenvalue weighted by atomic mass is 9.85. The average Bonchev–Trinajstić information content (AvgIpc) is 3.21. The number of piperidine rings is 1. The molecule has 2 unspecified atom stereocenters. The molecule has 116 valence electrons. The lowest BCUT2D eigenvalue weighted by molar-refractivity contribution is -0.134. The molecule has 2 atom stereocenters. The molecule has 1 aromatic rings. The van der Waals surface area contributed by atoms with Crippen LogP contribution in [0.1, 0.15) is 44.8 Å². The molecule has 1 amide bonds.